The number of urea groups is 1. The van der Waals surface area contributed by atoms with Crippen LogP contribution in [0.5, 0.6) is 5.75 Å². The topological polar surface area (TPSA) is 317 Å². The van der Waals surface area contributed by atoms with Crippen LogP contribution in [0.15, 0.2) is 60.2 Å². The number of hydrogen-bond donors (Lipinski definition) is 8. The first-order chi connectivity index (χ1) is 39.5. The number of carbonyl (C=O) groups excluding carboxylic acids is 8. The molecule has 0 radical (unpaired) electrons. The lowest BCUT2D eigenvalue weighted by Crippen LogP contribution is -2.63. The van der Waals surface area contributed by atoms with Crippen molar-refractivity contribution in [1.29, 1.82) is 0 Å². The van der Waals surface area contributed by atoms with Crippen molar-refractivity contribution in [3.8, 4) is 5.75 Å². The number of unbranched alkanes of at least 4 members (excludes halogenated alkanes) is 1. The highest BCUT2D eigenvalue weighted by Gasteiger charge is 2.64. The van der Waals surface area contributed by atoms with Crippen molar-refractivity contribution in [1.82, 2.24) is 21.3 Å². The summed E-state index contributed by atoms with van der Waals surface area (Å²) in [6.07, 6.45) is -0.541. The predicted molar refractivity (Wildman–Crippen MR) is 315 cm³/mol. The standard InChI is InChI=1S/C57H76BrCl2FN8O15/c1-29(2)48(67-45(70)19-12-11-16-32(5)81-52(74)31(4)28-58)51(73)64-37(17-14-20-63-53(62)75)50(72)65-39-24-35(59)38(25-36(39)61)66-54(76)83-44-26-46(71)69(8)40-22-34(23-41(79-9)47(40)60)21-30(3)15-13-18-43(80-10)57(78)27-42(82-55(77)68-57)33(6)49-56(44,7)84-49/h13,15,18,22-25,29,32-33,37,42-44,48-49,78H,4,11-12,14,16-17,19-21,26-28H2,1-3,5-10H3,(H,64,73)(H,65,72)(H,66,76)(H,67,70)(H,68,77)(H3,62,63,75)/b18-13+,30-15+/t32?,33-,37+,42+,43-,44+,48+,49+,56+,57+/m1/s1. The van der Waals surface area contributed by atoms with E-state index in [0.717, 1.165) is 17.7 Å². The van der Waals surface area contributed by atoms with Crippen molar-refractivity contribution in [3.63, 3.8) is 0 Å². The summed E-state index contributed by atoms with van der Waals surface area (Å²) in [5.74, 6) is -5.15. The molecule has 3 aliphatic heterocycles. The number of fused-ring (bicyclic) bond motifs is 5. The van der Waals surface area contributed by atoms with E-state index >= 15 is 4.39 Å². The number of halogens is 4. The number of carbonyl (C=O) groups is 8. The molecule has 1 unspecified atom stereocenters. The minimum absolute atomic E-state index is 0.0101. The molecular weight excluding hydrogens is 1210 g/mol. The van der Waals surface area contributed by atoms with Gasteiger partial charge in [0.05, 0.1) is 47.8 Å². The number of epoxide rings is 1. The fourth-order valence-electron chi connectivity index (χ4n) is 9.76. The Morgan fingerprint density at radius 3 is 2.38 bits per heavy atom. The van der Waals surface area contributed by atoms with E-state index in [9.17, 15) is 43.5 Å². The normalized spacial score (nSPS) is 24.4. The van der Waals surface area contributed by atoms with Gasteiger partial charge in [0.25, 0.3) is 0 Å². The Morgan fingerprint density at radius 1 is 1.01 bits per heavy atom. The predicted octanol–water partition coefficient (Wildman–Crippen LogP) is 7.62. The van der Waals surface area contributed by atoms with Crippen molar-refractivity contribution in [3.05, 3.63) is 81.6 Å². The zero-order valence-corrected chi connectivity index (χ0v) is 51.5. The molecule has 9 N–H and O–H groups in total. The summed E-state index contributed by atoms with van der Waals surface area (Å²) >= 11 is 16.6. The summed E-state index contributed by atoms with van der Waals surface area (Å²) < 4.78 is 50.6. The minimum atomic E-state index is -1.94. The van der Waals surface area contributed by atoms with Crippen molar-refractivity contribution in [2.75, 3.05) is 48.7 Å². The number of methoxy groups -OCH3 is 2. The second-order valence-corrected chi connectivity index (χ2v) is 22.9. The molecule has 3 heterocycles. The smallest absolute Gasteiger partial charge is 0.412 e. The third-order valence-corrected chi connectivity index (χ3v) is 16.0. The third kappa shape index (κ3) is 18.5. The maximum absolute atomic E-state index is 16.1. The Labute approximate surface area is 506 Å². The monoisotopic (exact) mass is 1280 g/mol. The zero-order valence-electron chi connectivity index (χ0n) is 48.4. The van der Waals surface area contributed by atoms with Gasteiger partial charge in [0.15, 0.2) is 5.72 Å². The average molecular weight is 1280 g/mol. The van der Waals surface area contributed by atoms with E-state index in [2.05, 4.69) is 54.4 Å². The Hall–Kier alpha value is -6.51. The van der Waals surface area contributed by atoms with Gasteiger partial charge in [-0.05, 0) is 89.0 Å². The van der Waals surface area contributed by atoms with Crippen LogP contribution in [0.4, 0.5) is 35.8 Å². The van der Waals surface area contributed by atoms with Gasteiger partial charge in [0.2, 0.25) is 23.6 Å². The number of hydrogen-bond acceptors (Lipinski definition) is 15. The number of alkyl halides is 1. The largest absolute Gasteiger partial charge is 0.495 e. The molecule has 2 aromatic carbocycles. The highest BCUT2D eigenvalue weighted by Crippen LogP contribution is 2.49. The number of alkyl carbamates (subject to hydrolysis) is 1. The van der Waals surface area contributed by atoms with Crippen molar-refractivity contribution in [2.24, 2.45) is 17.6 Å². The molecule has 0 aromatic heterocycles. The van der Waals surface area contributed by atoms with Gasteiger partial charge < -0.3 is 65.4 Å². The van der Waals surface area contributed by atoms with Gasteiger partial charge in [-0.15, -0.1) is 0 Å². The number of amides is 8. The minimum Gasteiger partial charge on any atom is -0.495 e. The molecule has 0 spiro atoms. The quantitative estimate of drug-likeness (QED) is 0.0140. The molecule has 27 heteroatoms. The second-order valence-electron chi connectivity index (χ2n) is 21.6. The summed E-state index contributed by atoms with van der Waals surface area (Å²) in [4.78, 5) is 107. The van der Waals surface area contributed by atoms with Crippen molar-refractivity contribution in [2.45, 2.75) is 153 Å². The van der Waals surface area contributed by atoms with Crippen LogP contribution in [-0.2, 0) is 54.1 Å². The molecule has 5 rings (SSSR count). The Morgan fingerprint density at radius 2 is 1.73 bits per heavy atom. The second kappa shape index (κ2) is 30.5. The highest BCUT2D eigenvalue weighted by molar-refractivity contribution is 9.09. The van der Waals surface area contributed by atoms with E-state index in [-0.39, 0.29) is 70.3 Å². The lowest BCUT2D eigenvalue weighted by molar-refractivity contribution is -0.144. The number of nitrogens with two attached hydrogens (primary N) is 1. The first kappa shape index (κ1) is 68.3. The fourth-order valence-corrected chi connectivity index (χ4v) is 10.5. The number of allylic oxidation sites excluding steroid dienone is 3. The lowest BCUT2D eigenvalue weighted by atomic mass is 9.83. The van der Waals surface area contributed by atoms with Gasteiger partial charge in [0.1, 0.15) is 52.6 Å². The summed E-state index contributed by atoms with van der Waals surface area (Å²) in [7, 11) is 4.29. The number of rotatable bonds is 22. The number of aliphatic hydroxyl groups is 1. The third-order valence-electron chi connectivity index (χ3n) is 14.6. The molecule has 2 aromatic rings. The highest BCUT2D eigenvalue weighted by atomic mass is 79.9. The van der Waals surface area contributed by atoms with Crippen molar-refractivity contribution >= 4 is 104 Å². The van der Waals surface area contributed by atoms with Crippen LogP contribution in [0, 0.1) is 17.7 Å². The summed E-state index contributed by atoms with van der Waals surface area (Å²) in [5, 5.41) is 27.0. The maximum atomic E-state index is 16.1. The van der Waals surface area contributed by atoms with Crippen LogP contribution in [0.25, 0.3) is 0 Å². The Kier molecular flexibility index (Phi) is 24.8. The molecule has 10 atom stereocenters. The van der Waals surface area contributed by atoms with E-state index in [0.29, 0.717) is 31.2 Å². The fraction of sp³-hybridized carbons (Fsp3) is 0.544. The number of esters is 1. The molecule has 4 bridgehead atoms. The number of primary amides is 1. The summed E-state index contributed by atoms with van der Waals surface area (Å²) in [6.45, 7) is 13.9. The number of nitrogens with zero attached hydrogens (tertiary/aromatic N) is 1. The SMILES string of the molecule is C=C(CBr)C(=O)OC(C)CCCCC(=O)N[C@H](C(=O)N[C@@H](CCCNC(N)=O)C(=O)Nc1cc(Cl)c(NC(=O)O[C@H]2CC(=O)N(C)c3cc(cc(OC)c3Cl)C/C(C)=C/C=C/[C@@H](OC)[C@@]3(O)C[C@H](OC(=O)N3)[C@@H](C)[C@@H]3O[C@@]23C)cc1F)C(C)C. The molecule has 0 aliphatic carbocycles. The number of nitrogens with one attached hydrogen (secondary N) is 6. The molecule has 2 saturated heterocycles. The first-order valence-corrected chi connectivity index (χ1v) is 29.2. The van der Waals surface area contributed by atoms with Gasteiger partial charge in [-0.25, -0.2) is 23.6 Å². The van der Waals surface area contributed by atoms with E-state index in [1.54, 1.807) is 65.0 Å². The number of ether oxygens (including phenoxy) is 6. The molecule has 462 valence electrons. The van der Waals surface area contributed by atoms with E-state index in [4.69, 9.17) is 57.4 Å². The van der Waals surface area contributed by atoms with Crippen LogP contribution in [-0.4, -0.2) is 140 Å². The van der Waals surface area contributed by atoms with Crippen LogP contribution in [0.3, 0.4) is 0 Å². The van der Waals surface area contributed by atoms with Gasteiger partial charge in [-0.2, -0.15) is 0 Å². The maximum Gasteiger partial charge on any atom is 0.412 e. The molecule has 3 aliphatic rings. The molecule has 8 amide bonds. The molecule has 84 heavy (non-hydrogen) atoms. The van der Waals surface area contributed by atoms with E-state index in [1.807, 2.05) is 6.92 Å². The first-order valence-electron chi connectivity index (χ1n) is 27.3. The van der Waals surface area contributed by atoms with Crippen LogP contribution >= 0.6 is 39.1 Å². The Balaban J connectivity index is 1.35. The summed E-state index contributed by atoms with van der Waals surface area (Å²) in [6, 6.07) is 1.96. The van der Waals surface area contributed by atoms with E-state index in [1.165, 1.54) is 26.2 Å². The van der Waals surface area contributed by atoms with Crippen molar-refractivity contribution < 1.29 is 76.3 Å². The lowest BCUT2D eigenvalue weighted by Gasteiger charge is -2.42. The number of benzene rings is 2. The Bertz CT molecular complexity index is 2860. The van der Waals surface area contributed by atoms with E-state index < -0.39 is 132 Å². The molecular formula is C57H76BrCl2FN8O15. The van der Waals surface area contributed by atoms with Gasteiger partial charge >= 0.3 is 24.2 Å². The van der Waals surface area contributed by atoms with Crippen LogP contribution in [0.2, 0.25) is 10.0 Å². The van der Waals surface area contributed by atoms with Gasteiger partial charge in [0, 0.05) is 56.4 Å². The number of anilines is 3. The van der Waals surface area contributed by atoms with Gasteiger partial charge in [-0.1, -0.05) is 90.3 Å². The molecule has 2 fully saturated rings. The van der Waals surface area contributed by atoms with Gasteiger partial charge in [-0.3, -0.25) is 29.8 Å². The van der Waals surface area contributed by atoms with Crippen LogP contribution in [0.1, 0.15) is 98.5 Å². The van der Waals surface area contributed by atoms with Crippen LogP contribution < -0.4 is 47.3 Å². The zero-order chi connectivity index (χ0) is 62.4. The molecule has 0 saturated carbocycles. The molecule has 23 nitrogen and oxygen atoms in total. The summed E-state index contributed by atoms with van der Waals surface area (Å²) in [5.41, 5.74) is 3.17. The average Bonchev–Trinajstić information content (AvgIpc) is 1.88.